The van der Waals surface area contributed by atoms with E-state index in [4.69, 9.17) is 26.4 Å². The minimum absolute atomic E-state index is 0.105. The van der Waals surface area contributed by atoms with Gasteiger partial charge in [0.05, 0.1) is 34.0 Å². The fraction of sp³-hybridized carbons (Fsp3) is 0.0714. The minimum Gasteiger partial charge on any atom is -0.507 e. The van der Waals surface area contributed by atoms with Gasteiger partial charge in [-0.1, -0.05) is 54.1 Å². The highest BCUT2D eigenvalue weighted by molar-refractivity contribution is 6.30. The highest BCUT2D eigenvalue weighted by Gasteiger charge is 2.38. The van der Waals surface area contributed by atoms with E-state index >= 15 is 0 Å². The first kappa shape index (κ1) is 21.6. The number of para-hydroxylation sites is 2. The van der Waals surface area contributed by atoms with Gasteiger partial charge in [0.25, 0.3) is 0 Å². The third-order valence-corrected chi connectivity index (χ3v) is 6.82. The SMILES string of the molecule is Cc1nn(-c2ccccc2)c2c1C(c1ccc(Cl)cc1)c1c(ncn3nc(-c4ccccc4O)nc13)O2. The molecule has 3 aromatic heterocycles. The van der Waals surface area contributed by atoms with Gasteiger partial charge in [-0.3, -0.25) is 0 Å². The number of benzene rings is 3. The Hall–Kier alpha value is -4.69. The van der Waals surface area contributed by atoms with Crippen LogP contribution in [0.4, 0.5) is 0 Å². The highest BCUT2D eigenvalue weighted by atomic mass is 35.5. The lowest BCUT2D eigenvalue weighted by Gasteiger charge is -2.26. The lowest BCUT2D eigenvalue weighted by Crippen LogP contribution is -2.16. The number of aromatic nitrogens is 6. The number of rotatable bonds is 3. The summed E-state index contributed by atoms with van der Waals surface area (Å²) in [6, 6.07) is 24.6. The van der Waals surface area contributed by atoms with Gasteiger partial charge in [0.1, 0.15) is 12.1 Å². The standard InChI is InChI=1S/C28H19ClN6O2/c1-16-22-23(17-11-13-18(29)14-12-17)24-26-31-25(20-9-5-6-10-21(20)36)33-34(26)15-30-27(24)37-28(22)35(32-16)19-7-3-2-4-8-19/h2-15,23,36H,1H3. The quantitative estimate of drug-likeness (QED) is 0.319. The number of phenols is 1. The van der Waals surface area contributed by atoms with Gasteiger partial charge in [-0.05, 0) is 48.9 Å². The van der Waals surface area contributed by atoms with E-state index in [-0.39, 0.29) is 11.7 Å². The molecule has 37 heavy (non-hydrogen) atoms. The van der Waals surface area contributed by atoms with E-state index in [9.17, 15) is 5.11 Å². The fourth-order valence-corrected chi connectivity index (χ4v) is 5.01. The molecule has 0 aliphatic carbocycles. The van der Waals surface area contributed by atoms with Crippen molar-refractivity contribution in [3.05, 3.63) is 113 Å². The van der Waals surface area contributed by atoms with Crippen LogP contribution in [0.3, 0.4) is 0 Å². The number of aromatic hydroxyl groups is 1. The Balaban J connectivity index is 1.50. The van der Waals surface area contributed by atoms with Crippen molar-refractivity contribution >= 4 is 17.2 Å². The normalized spacial score (nSPS) is 14.3. The van der Waals surface area contributed by atoms with Crippen LogP contribution in [0.25, 0.3) is 22.7 Å². The molecule has 0 bridgehead atoms. The van der Waals surface area contributed by atoms with Crippen molar-refractivity contribution in [3.8, 4) is 34.6 Å². The van der Waals surface area contributed by atoms with E-state index in [0.717, 1.165) is 28.1 Å². The molecule has 7 rings (SSSR count). The monoisotopic (exact) mass is 506 g/mol. The second-order valence-electron chi connectivity index (χ2n) is 8.82. The maximum atomic E-state index is 10.4. The lowest BCUT2D eigenvalue weighted by molar-refractivity contribution is 0.402. The third-order valence-electron chi connectivity index (χ3n) is 6.57. The number of halogens is 1. The van der Waals surface area contributed by atoms with Crippen LogP contribution in [0.15, 0.2) is 85.2 Å². The molecule has 1 N–H and O–H groups in total. The third kappa shape index (κ3) is 3.37. The van der Waals surface area contributed by atoms with Gasteiger partial charge in [-0.25, -0.2) is 19.2 Å². The van der Waals surface area contributed by atoms with Crippen LogP contribution in [0.5, 0.6) is 17.5 Å². The Morgan fingerprint density at radius 3 is 2.43 bits per heavy atom. The zero-order valence-electron chi connectivity index (χ0n) is 19.6. The fourth-order valence-electron chi connectivity index (χ4n) is 4.89. The first-order valence-electron chi connectivity index (χ1n) is 11.7. The summed E-state index contributed by atoms with van der Waals surface area (Å²) in [6.07, 6.45) is 1.57. The van der Waals surface area contributed by atoms with E-state index in [0.29, 0.717) is 33.8 Å². The van der Waals surface area contributed by atoms with Crippen molar-refractivity contribution in [3.63, 3.8) is 0 Å². The Kier molecular flexibility index (Phi) is 4.77. The van der Waals surface area contributed by atoms with Crippen molar-refractivity contribution in [1.82, 2.24) is 29.4 Å². The summed E-state index contributed by atoms with van der Waals surface area (Å²) in [5.74, 6) is 1.24. The summed E-state index contributed by atoms with van der Waals surface area (Å²) < 4.78 is 9.86. The second kappa shape index (κ2) is 8.18. The number of ether oxygens (including phenoxy) is 1. The van der Waals surface area contributed by atoms with Gasteiger partial charge >= 0.3 is 0 Å². The number of fused-ring (bicyclic) bond motifs is 4. The van der Waals surface area contributed by atoms with Crippen LogP contribution < -0.4 is 4.74 Å². The molecule has 0 fully saturated rings. The molecule has 1 atom stereocenters. The van der Waals surface area contributed by atoms with Crippen molar-refractivity contribution < 1.29 is 9.84 Å². The Labute approximate surface area is 216 Å². The largest absolute Gasteiger partial charge is 0.507 e. The summed E-state index contributed by atoms with van der Waals surface area (Å²) in [5, 5.41) is 20.5. The number of nitrogens with zero attached hydrogens (tertiary/aromatic N) is 6. The molecular weight excluding hydrogens is 488 g/mol. The Morgan fingerprint density at radius 1 is 0.892 bits per heavy atom. The van der Waals surface area contributed by atoms with Gasteiger partial charge < -0.3 is 9.84 Å². The van der Waals surface area contributed by atoms with Gasteiger partial charge in [0.15, 0.2) is 11.5 Å². The Bertz CT molecular complexity index is 1790. The Morgan fingerprint density at radius 2 is 1.65 bits per heavy atom. The number of phenolic OH excluding ortho intramolecular Hbond substituents is 1. The van der Waals surface area contributed by atoms with Crippen molar-refractivity contribution in [2.45, 2.75) is 12.8 Å². The zero-order chi connectivity index (χ0) is 25.1. The predicted octanol–water partition coefficient (Wildman–Crippen LogP) is 5.93. The second-order valence-corrected chi connectivity index (χ2v) is 9.26. The molecule has 0 saturated carbocycles. The maximum Gasteiger partial charge on any atom is 0.230 e. The first-order chi connectivity index (χ1) is 18.1. The molecule has 0 saturated heterocycles. The average molecular weight is 507 g/mol. The molecule has 1 aliphatic heterocycles. The van der Waals surface area contributed by atoms with E-state index in [2.05, 4.69) is 10.1 Å². The van der Waals surface area contributed by atoms with E-state index in [1.165, 1.54) is 0 Å². The van der Waals surface area contributed by atoms with E-state index in [1.54, 1.807) is 33.7 Å². The van der Waals surface area contributed by atoms with Crippen LogP contribution in [-0.4, -0.2) is 34.5 Å². The van der Waals surface area contributed by atoms with Crippen molar-refractivity contribution in [2.75, 3.05) is 0 Å². The molecular formula is C28H19ClN6O2. The number of hydrogen-bond donors (Lipinski definition) is 1. The topological polar surface area (TPSA) is 90.4 Å². The molecule has 0 amide bonds. The summed E-state index contributed by atoms with van der Waals surface area (Å²) in [4.78, 5) is 9.46. The van der Waals surface area contributed by atoms with Crippen molar-refractivity contribution in [1.29, 1.82) is 0 Å². The summed E-state index contributed by atoms with van der Waals surface area (Å²) in [5.41, 5.74) is 5.51. The van der Waals surface area contributed by atoms with Crippen molar-refractivity contribution in [2.24, 2.45) is 0 Å². The number of hydrogen-bond acceptors (Lipinski definition) is 6. The van der Waals surface area contributed by atoms with Crippen LogP contribution in [0.1, 0.15) is 28.3 Å². The van der Waals surface area contributed by atoms with Gasteiger partial charge in [-0.15, -0.1) is 5.10 Å². The molecule has 3 aromatic carbocycles. The molecule has 0 radical (unpaired) electrons. The van der Waals surface area contributed by atoms with Crippen LogP contribution in [-0.2, 0) is 0 Å². The molecule has 1 aliphatic rings. The molecule has 4 heterocycles. The first-order valence-corrected chi connectivity index (χ1v) is 12.1. The predicted molar refractivity (Wildman–Crippen MR) is 139 cm³/mol. The van der Waals surface area contributed by atoms with Crippen LogP contribution >= 0.6 is 11.6 Å². The minimum atomic E-state index is -0.286. The maximum absolute atomic E-state index is 10.4. The lowest BCUT2D eigenvalue weighted by atomic mass is 9.84. The van der Waals surface area contributed by atoms with Gasteiger partial charge in [0, 0.05) is 5.02 Å². The summed E-state index contributed by atoms with van der Waals surface area (Å²) in [7, 11) is 0. The average Bonchev–Trinajstić information content (AvgIpc) is 3.50. The molecule has 6 aromatic rings. The summed E-state index contributed by atoms with van der Waals surface area (Å²) >= 11 is 6.24. The van der Waals surface area contributed by atoms with E-state index in [1.807, 2.05) is 67.6 Å². The van der Waals surface area contributed by atoms with Crippen LogP contribution in [0, 0.1) is 6.92 Å². The number of aryl methyl sites for hydroxylation is 1. The molecule has 180 valence electrons. The van der Waals surface area contributed by atoms with Crippen LogP contribution in [0.2, 0.25) is 5.02 Å². The summed E-state index contributed by atoms with van der Waals surface area (Å²) in [6.45, 7) is 1.97. The molecule has 0 spiro atoms. The van der Waals surface area contributed by atoms with E-state index < -0.39 is 0 Å². The van der Waals surface area contributed by atoms with Gasteiger partial charge in [0.2, 0.25) is 11.8 Å². The smallest absolute Gasteiger partial charge is 0.230 e. The highest BCUT2D eigenvalue weighted by Crippen LogP contribution is 2.50. The molecule has 9 heteroatoms. The van der Waals surface area contributed by atoms with Gasteiger partial charge in [-0.2, -0.15) is 5.10 Å². The molecule has 1 unspecified atom stereocenters. The zero-order valence-corrected chi connectivity index (χ0v) is 20.3. The molecule has 8 nitrogen and oxygen atoms in total.